The number of nitrogens with zero attached hydrogens (tertiary/aromatic N) is 2. The van der Waals surface area contributed by atoms with Gasteiger partial charge in [-0.3, -0.25) is 4.79 Å². The minimum Gasteiger partial charge on any atom is -0.467 e. The number of thiophene rings is 1. The minimum atomic E-state index is -0.414. The lowest BCUT2D eigenvalue weighted by Gasteiger charge is -2.15. The maximum Gasteiger partial charge on any atom is 0.242 e. The van der Waals surface area contributed by atoms with Crippen molar-refractivity contribution in [3.8, 4) is 0 Å². The number of aryl methyl sites for hydroxylation is 2. The fourth-order valence-corrected chi connectivity index (χ4v) is 3.30. The van der Waals surface area contributed by atoms with Crippen molar-refractivity contribution < 1.29 is 9.21 Å². The number of furan rings is 1. The largest absolute Gasteiger partial charge is 0.467 e. The number of aromatic nitrogens is 2. The molecule has 0 saturated heterocycles. The van der Waals surface area contributed by atoms with Crippen molar-refractivity contribution >= 4 is 33.3 Å². The molecule has 0 bridgehead atoms. The number of anilines is 1. The Morgan fingerprint density at radius 1 is 1.39 bits per heavy atom. The number of fused-ring (bicyclic) bond motifs is 1. The Bertz CT molecular complexity index is 826. The number of hydrogen-bond acceptors (Lipinski definition) is 6. The van der Waals surface area contributed by atoms with Gasteiger partial charge in [0, 0.05) is 4.88 Å². The maximum absolute atomic E-state index is 12.2. The first-order valence-corrected chi connectivity index (χ1v) is 8.15. The number of nitrogens with one attached hydrogen (secondary N) is 2. The van der Waals surface area contributed by atoms with E-state index in [1.807, 2.05) is 13.0 Å². The summed E-state index contributed by atoms with van der Waals surface area (Å²) in [5.41, 5.74) is 1.15. The van der Waals surface area contributed by atoms with E-state index in [2.05, 4.69) is 27.5 Å². The van der Waals surface area contributed by atoms with Gasteiger partial charge in [-0.1, -0.05) is 0 Å². The van der Waals surface area contributed by atoms with Gasteiger partial charge >= 0.3 is 0 Å². The van der Waals surface area contributed by atoms with E-state index in [-0.39, 0.29) is 5.91 Å². The van der Waals surface area contributed by atoms with Crippen molar-refractivity contribution in [1.29, 1.82) is 0 Å². The second kappa shape index (κ2) is 6.37. The fraction of sp³-hybridized carbons (Fsp3) is 0.312. The number of rotatable bonds is 5. The van der Waals surface area contributed by atoms with E-state index in [1.165, 1.54) is 11.2 Å². The van der Waals surface area contributed by atoms with E-state index >= 15 is 0 Å². The van der Waals surface area contributed by atoms with E-state index in [9.17, 15) is 4.79 Å². The summed E-state index contributed by atoms with van der Waals surface area (Å²) in [5.74, 6) is 1.30. The highest BCUT2D eigenvalue weighted by atomic mass is 32.1. The molecular formula is C16H18N4O2S. The molecule has 23 heavy (non-hydrogen) atoms. The third kappa shape index (κ3) is 3.19. The van der Waals surface area contributed by atoms with Crippen LogP contribution in [0.2, 0.25) is 0 Å². The normalized spacial score (nSPS) is 12.3. The summed E-state index contributed by atoms with van der Waals surface area (Å²) < 4.78 is 5.20. The summed E-state index contributed by atoms with van der Waals surface area (Å²) in [6.45, 7) is 6.28. The van der Waals surface area contributed by atoms with Gasteiger partial charge in [0.1, 0.15) is 28.8 Å². The second-order valence-electron chi connectivity index (χ2n) is 5.35. The van der Waals surface area contributed by atoms with Crippen LogP contribution in [0.15, 0.2) is 29.1 Å². The van der Waals surface area contributed by atoms with Crippen LogP contribution in [0.4, 0.5) is 5.82 Å². The molecule has 0 aliphatic carbocycles. The van der Waals surface area contributed by atoms with E-state index < -0.39 is 6.04 Å². The number of carbonyl (C=O) groups excluding carboxylic acids is 1. The van der Waals surface area contributed by atoms with Gasteiger partial charge in [0.25, 0.3) is 0 Å². The van der Waals surface area contributed by atoms with E-state index in [0.717, 1.165) is 21.5 Å². The van der Waals surface area contributed by atoms with Gasteiger partial charge in [0.15, 0.2) is 0 Å². The molecule has 6 nitrogen and oxygen atoms in total. The molecule has 0 fully saturated rings. The number of hydrogen-bond donors (Lipinski definition) is 2. The predicted octanol–water partition coefficient (Wildman–Crippen LogP) is 3.02. The lowest BCUT2D eigenvalue weighted by atomic mass is 10.2. The zero-order valence-corrected chi connectivity index (χ0v) is 14.0. The van der Waals surface area contributed by atoms with Crippen LogP contribution in [-0.4, -0.2) is 21.9 Å². The lowest BCUT2D eigenvalue weighted by molar-refractivity contribution is -0.121. The van der Waals surface area contributed by atoms with Crippen LogP contribution in [0.3, 0.4) is 0 Å². The van der Waals surface area contributed by atoms with Crippen LogP contribution in [0.5, 0.6) is 0 Å². The molecule has 1 unspecified atom stereocenters. The zero-order valence-electron chi connectivity index (χ0n) is 13.2. The Kier molecular flexibility index (Phi) is 4.29. The standard InChI is InChI=1S/C16H18N4O2S/c1-9-11(3)23-16-13(9)14(18-8-19-16)20-10(2)15(21)17-7-12-5-4-6-22-12/h4-6,8,10H,7H2,1-3H3,(H,17,21)(H,18,19,20). The van der Waals surface area contributed by atoms with Gasteiger partial charge in [-0.25, -0.2) is 9.97 Å². The van der Waals surface area contributed by atoms with Crippen LogP contribution in [0.25, 0.3) is 10.2 Å². The van der Waals surface area contributed by atoms with Crippen molar-refractivity contribution in [3.63, 3.8) is 0 Å². The highest BCUT2D eigenvalue weighted by Gasteiger charge is 2.17. The van der Waals surface area contributed by atoms with E-state index in [4.69, 9.17) is 4.42 Å². The maximum atomic E-state index is 12.2. The van der Waals surface area contributed by atoms with Crippen LogP contribution in [0.1, 0.15) is 23.1 Å². The number of carbonyl (C=O) groups is 1. The molecule has 2 N–H and O–H groups in total. The molecule has 1 atom stereocenters. The third-order valence-corrected chi connectivity index (χ3v) is 4.84. The van der Waals surface area contributed by atoms with Crippen molar-refractivity contribution in [3.05, 3.63) is 40.9 Å². The van der Waals surface area contributed by atoms with E-state index in [1.54, 1.807) is 30.6 Å². The fourth-order valence-electron chi connectivity index (χ4n) is 2.30. The Morgan fingerprint density at radius 2 is 2.22 bits per heavy atom. The molecular weight excluding hydrogens is 312 g/mol. The second-order valence-corrected chi connectivity index (χ2v) is 6.55. The molecule has 0 aromatic carbocycles. The molecule has 0 spiro atoms. The molecule has 0 saturated carbocycles. The van der Waals surface area contributed by atoms with Crippen LogP contribution in [0, 0.1) is 13.8 Å². The first-order chi connectivity index (χ1) is 11.1. The van der Waals surface area contributed by atoms with Crippen molar-refractivity contribution in [2.24, 2.45) is 0 Å². The molecule has 3 heterocycles. The third-order valence-electron chi connectivity index (χ3n) is 3.73. The Hall–Kier alpha value is -2.41. The van der Waals surface area contributed by atoms with Gasteiger partial charge in [0.2, 0.25) is 5.91 Å². The first-order valence-electron chi connectivity index (χ1n) is 7.33. The van der Waals surface area contributed by atoms with Crippen LogP contribution >= 0.6 is 11.3 Å². The predicted molar refractivity (Wildman–Crippen MR) is 90.5 cm³/mol. The van der Waals surface area contributed by atoms with Crippen LogP contribution < -0.4 is 10.6 Å². The average Bonchev–Trinajstić information content (AvgIpc) is 3.14. The molecule has 120 valence electrons. The summed E-state index contributed by atoms with van der Waals surface area (Å²) >= 11 is 1.63. The highest BCUT2D eigenvalue weighted by Crippen LogP contribution is 2.32. The van der Waals surface area contributed by atoms with Gasteiger partial charge in [-0.05, 0) is 38.5 Å². The smallest absolute Gasteiger partial charge is 0.242 e. The van der Waals surface area contributed by atoms with Crippen molar-refractivity contribution in [1.82, 2.24) is 15.3 Å². The summed E-state index contributed by atoms with van der Waals surface area (Å²) in [4.78, 5) is 23.0. The Balaban J connectivity index is 1.72. The topological polar surface area (TPSA) is 80.0 Å². The quantitative estimate of drug-likeness (QED) is 0.752. The van der Waals surface area contributed by atoms with E-state index in [0.29, 0.717) is 12.4 Å². The van der Waals surface area contributed by atoms with Crippen molar-refractivity contribution in [2.75, 3.05) is 5.32 Å². The highest BCUT2D eigenvalue weighted by molar-refractivity contribution is 7.18. The first kappa shape index (κ1) is 15.5. The Morgan fingerprint density at radius 3 is 2.96 bits per heavy atom. The van der Waals surface area contributed by atoms with Gasteiger partial charge in [0.05, 0.1) is 18.2 Å². The average molecular weight is 330 g/mol. The van der Waals surface area contributed by atoms with Crippen molar-refractivity contribution in [2.45, 2.75) is 33.4 Å². The molecule has 0 aliphatic heterocycles. The molecule has 3 aromatic rings. The minimum absolute atomic E-state index is 0.113. The molecule has 0 radical (unpaired) electrons. The Labute approximate surface area is 137 Å². The summed E-state index contributed by atoms with van der Waals surface area (Å²) in [7, 11) is 0. The molecule has 0 aliphatic rings. The summed E-state index contributed by atoms with van der Waals surface area (Å²) in [6, 6.07) is 3.20. The molecule has 7 heteroatoms. The summed E-state index contributed by atoms with van der Waals surface area (Å²) in [6.07, 6.45) is 3.11. The SMILES string of the molecule is Cc1sc2ncnc(NC(C)C(=O)NCc3ccco3)c2c1C. The van der Waals surface area contributed by atoms with Gasteiger partial charge in [-0.15, -0.1) is 11.3 Å². The zero-order chi connectivity index (χ0) is 16.4. The van der Waals surface area contributed by atoms with Crippen LogP contribution in [-0.2, 0) is 11.3 Å². The molecule has 3 rings (SSSR count). The van der Waals surface area contributed by atoms with Gasteiger partial charge < -0.3 is 15.1 Å². The lowest BCUT2D eigenvalue weighted by Crippen LogP contribution is -2.37. The summed E-state index contributed by atoms with van der Waals surface area (Å²) in [5, 5.41) is 7.01. The molecule has 1 amide bonds. The number of amides is 1. The molecule has 3 aromatic heterocycles. The monoisotopic (exact) mass is 330 g/mol. The van der Waals surface area contributed by atoms with Gasteiger partial charge in [-0.2, -0.15) is 0 Å².